The highest BCUT2D eigenvalue weighted by Crippen LogP contribution is 2.42. The third kappa shape index (κ3) is 4.96. The minimum Gasteiger partial charge on any atom is -0.455 e. The summed E-state index contributed by atoms with van der Waals surface area (Å²) in [5.41, 5.74) is 7.44. The molecule has 0 unspecified atom stereocenters. The number of para-hydroxylation sites is 2. The van der Waals surface area contributed by atoms with Crippen LogP contribution in [0.2, 0.25) is 0 Å². The lowest BCUT2D eigenvalue weighted by Crippen LogP contribution is -2.02. The van der Waals surface area contributed by atoms with Gasteiger partial charge in [-0.15, -0.1) is 0 Å². The molecule has 0 aliphatic carbocycles. The minimum atomic E-state index is 0.540. The number of nitrogens with zero attached hydrogens (tertiary/aromatic N) is 4. The fourth-order valence-corrected chi connectivity index (χ4v) is 9.36. The molecule has 0 N–H and O–H groups in total. The van der Waals surface area contributed by atoms with Crippen LogP contribution in [0.4, 0.5) is 0 Å². The summed E-state index contributed by atoms with van der Waals surface area (Å²) < 4.78 is 9.17. The molecule has 0 aliphatic rings. The van der Waals surface area contributed by atoms with E-state index in [1.165, 1.54) is 37.7 Å². The number of benzene rings is 10. The number of fused-ring (bicyclic) bond motifs is 11. The Kier molecular flexibility index (Phi) is 6.95. The summed E-state index contributed by atoms with van der Waals surface area (Å²) >= 11 is 0. The third-order valence-corrected chi connectivity index (χ3v) is 12.2. The highest BCUT2D eigenvalue weighted by Gasteiger charge is 2.22. The largest absolute Gasteiger partial charge is 0.455 e. The van der Waals surface area contributed by atoms with Gasteiger partial charge in [0.2, 0.25) is 0 Å². The maximum absolute atomic E-state index is 6.79. The molecule has 0 bridgehead atoms. The first-order valence-corrected chi connectivity index (χ1v) is 20.3. The van der Waals surface area contributed by atoms with Gasteiger partial charge in [-0.1, -0.05) is 152 Å². The van der Waals surface area contributed by atoms with E-state index in [2.05, 4.69) is 187 Å². The van der Waals surface area contributed by atoms with Gasteiger partial charge in [-0.2, -0.15) is 0 Å². The average Bonchev–Trinajstić information content (AvgIpc) is 3.85. The van der Waals surface area contributed by atoms with Crippen molar-refractivity contribution < 1.29 is 4.42 Å². The van der Waals surface area contributed by atoms with E-state index in [4.69, 9.17) is 19.4 Å². The summed E-state index contributed by atoms with van der Waals surface area (Å²) in [4.78, 5) is 16.0. The van der Waals surface area contributed by atoms with Crippen molar-refractivity contribution in [3.63, 3.8) is 0 Å². The first-order valence-electron chi connectivity index (χ1n) is 20.3. The topological polar surface area (TPSA) is 56.7 Å². The summed E-state index contributed by atoms with van der Waals surface area (Å²) in [5, 5.41) is 13.8. The van der Waals surface area contributed by atoms with Crippen LogP contribution in [0, 0.1) is 0 Å². The second kappa shape index (κ2) is 12.7. The highest BCUT2D eigenvalue weighted by atomic mass is 16.3. The van der Waals surface area contributed by atoms with Gasteiger partial charge in [-0.05, 0) is 85.6 Å². The van der Waals surface area contributed by atoms with Crippen LogP contribution in [0.25, 0.3) is 127 Å². The van der Waals surface area contributed by atoms with Crippen molar-refractivity contribution in [2.24, 2.45) is 0 Å². The number of furan rings is 1. The Morgan fingerprint density at radius 3 is 1.80 bits per heavy atom. The van der Waals surface area contributed by atoms with Crippen molar-refractivity contribution >= 4 is 86.8 Å². The lowest BCUT2D eigenvalue weighted by molar-refractivity contribution is 0.669. The monoisotopic (exact) mass is 764 g/mol. The second-order valence-electron chi connectivity index (χ2n) is 15.6. The molecular weight excluding hydrogens is 733 g/mol. The van der Waals surface area contributed by atoms with Gasteiger partial charge in [0.05, 0.1) is 16.6 Å². The molecule has 5 heteroatoms. The van der Waals surface area contributed by atoms with Gasteiger partial charge >= 0.3 is 0 Å². The van der Waals surface area contributed by atoms with Crippen LogP contribution in [-0.2, 0) is 0 Å². The minimum absolute atomic E-state index is 0.540. The Hall–Kier alpha value is -8.15. The predicted octanol–water partition coefficient (Wildman–Crippen LogP) is 14.5. The van der Waals surface area contributed by atoms with Gasteiger partial charge in [-0.3, -0.25) is 0 Å². The van der Waals surface area contributed by atoms with Gasteiger partial charge in [-0.25, -0.2) is 15.0 Å². The first-order chi connectivity index (χ1) is 29.7. The van der Waals surface area contributed by atoms with Crippen molar-refractivity contribution in [3.05, 3.63) is 194 Å². The zero-order chi connectivity index (χ0) is 39.3. The predicted molar refractivity (Wildman–Crippen MR) is 248 cm³/mol. The Bertz CT molecular complexity index is 3910. The summed E-state index contributed by atoms with van der Waals surface area (Å²) in [7, 11) is 0. The highest BCUT2D eigenvalue weighted by molar-refractivity contribution is 6.15. The number of rotatable bonds is 4. The molecule has 13 aromatic rings. The molecule has 13 rings (SSSR count). The van der Waals surface area contributed by atoms with Gasteiger partial charge in [0.25, 0.3) is 0 Å². The lowest BCUT2D eigenvalue weighted by Gasteiger charge is -2.13. The molecule has 0 amide bonds. The van der Waals surface area contributed by atoms with E-state index in [1.54, 1.807) is 0 Å². The Morgan fingerprint density at radius 2 is 0.950 bits per heavy atom. The normalized spacial score (nSPS) is 12.0. The zero-order valence-electron chi connectivity index (χ0n) is 32.2. The molecule has 3 aromatic heterocycles. The first kappa shape index (κ1) is 32.9. The maximum Gasteiger partial charge on any atom is 0.167 e. The molecule has 5 nitrogen and oxygen atoms in total. The van der Waals surface area contributed by atoms with Crippen LogP contribution >= 0.6 is 0 Å². The van der Waals surface area contributed by atoms with Gasteiger partial charge in [0.1, 0.15) is 11.2 Å². The van der Waals surface area contributed by atoms with E-state index >= 15 is 0 Å². The third-order valence-electron chi connectivity index (χ3n) is 12.2. The van der Waals surface area contributed by atoms with Crippen molar-refractivity contribution in [2.75, 3.05) is 0 Å². The van der Waals surface area contributed by atoms with Crippen molar-refractivity contribution in [2.45, 2.75) is 0 Å². The summed E-state index contributed by atoms with van der Waals surface area (Å²) in [6, 6.07) is 68.7. The van der Waals surface area contributed by atoms with Gasteiger partial charge in [0.15, 0.2) is 17.5 Å². The Morgan fingerprint density at radius 1 is 0.333 bits per heavy atom. The maximum atomic E-state index is 6.79. The van der Waals surface area contributed by atoms with Crippen LogP contribution in [-0.4, -0.2) is 19.5 Å². The number of hydrogen-bond acceptors (Lipinski definition) is 4. The number of hydrogen-bond donors (Lipinski definition) is 0. The van der Waals surface area contributed by atoms with E-state index < -0.39 is 0 Å². The smallest absolute Gasteiger partial charge is 0.167 e. The fourth-order valence-electron chi connectivity index (χ4n) is 9.36. The van der Waals surface area contributed by atoms with Crippen LogP contribution in [0.5, 0.6) is 0 Å². The molecule has 0 saturated carbocycles. The van der Waals surface area contributed by atoms with Crippen LogP contribution in [0.3, 0.4) is 0 Å². The molecular formula is C55H32N4O. The average molecular weight is 765 g/mol. The summed E-state index contributed by atoms with van der Waals surface area (Å²) in [6.07, 6.45) is 0. The van der Waals surface area contributed by atoms with Crippen molar-refractivity contribution in [3.8, 4) is 39.9 Å². The zero-order valence-corrected chi connectivity index (χ0v) is 32.2. The standard InChI is InChI=1S/C55H32N4O/c1-2-15-36-30-50-46(29-35(36)14-1)43-19-7-9-22-49(43)59(50)39-31-47-44-20-8-10-23-51(44)60-52(47)48(32-39)55-57-53(56-54(58-55)45-21-11-16-33-12-3-6-18-41(33)45)38-26-27-42-37(28-38)25-24-34-13-4-5-17-40(34)42/h1-32H. The van der Waals surface area contributed by atoms with Crippen molar-refractivity contribution in [1.29, 1.82) is 0 Å². The molecule has 0 saturated heterocycles. The SMILES string of the molecule is c1ccc2cc3c(cc2c1)c1ccccc1n3-c1cc(-c2nc(-c3ccc4c(ccc5ccccc54)c3)nc(-c3cccc4ccccc34)n2)c2oc3ccccc3c2c1. The molecule has 0 radical (unpaired) electrons. The Labute approximate surface area is 343 Å². The van der Waals surface area contributed by atoms with Crippen LogP contribution in [0.1, 0.15) is 0 Å². The van der Waals surface area contributed by atoms with E-state index in [0.29, 0.717) is 17.5 Å². The lowest BCUT2D eigenvalue weighted by atomic mass is 10.00. The molecule has 0 spiro atoms. The van der Waals surface area contributed by atoms with Crippen LogP contribution < -0.4 is 0 Å². The molecule has 60 heavy (non-hydrogen) atoms. The molecule has 0 atom stereocenters. The molecule has 0 fully saturated rings. The van der Waals surface area contributed by atoms with Crippen LogP contribution in [0.15, 0.2) is 199 Å². The summed E-state index contributed by atoms with van der Waals surface area (Å²) in [5.74, 6) is 1.73. The van der Waals surface area contributed by atoms with E-state index in [0.717, 1.165) is 71.5 Å². The molecule has 3 heterocycles. The molecule has 0 aliphatic heterocycles. The van der Waals surface area contributed by atoms with E-state index in [9.17, 15) is 0 Å². The Balaban J connectivity index is 1.12. The molecule has 278 valence electrons. The van der Waals surface area contributed by atoms with Gasteiger partial charge < -0.3 is 8.98 Å². The van der Waals surface area contributed by atoms with Gasteiger partial charge in [0, 0.05) is 38.4 Å². The fraction of sp³-hybridized carbons (Fsp3) is 0. The quantitative estimate of drug-likeness (QED) is 0.167. The molecule has 10 aromatic carbocycles. The van der Waals surface area contributed by atoms with Crippen molar-refractivity contribution in [1.82, 2.24) is 19.5 Å². The summed E-state index contributed by atoms with van der Waals surface area (Å²) in [6.45, 7) is 0. The van der Waals surface area contributed by atoms with E-state index in [-0.39, 0.29) is 0 Å². The number of aromatic nitrogens is 4. The van der Waals surface area contributed by atoms with E-state index in [1.807, 2.05) is 12.1 Å². The second-order valence-corrected chi connectivity index (χ2v) is 15.6.